The molecular formula is C9H11B2F4N. The molecule has 0 saturated carbocycles. The Morgan fingerprint density at radius 1 is 1.19 bits per heavy atom. The fourth-order valence-electron chi connectivity index (χ4n) is 1.32. The second kappa shape index (κ2) is 4.13. The minimum atomic E-state index is -4.45. The van der Waals surface area contributed by atoms with Gasteiger partial charge in [-0.15, -0.1) is 0 Å². The number of benzene rings is 1. The van der Waals surface area contributed by atoms with Crippen LogP contribution in [0.5, 0.6) is 0 Å². The van der Waals surface area contributed by atoms with Crippen LogP contribution >= 0.6 is 0 Å². The SMILES string of the molecule is BC(B)(NC)c1cc(C(F)(F)F)ccc1F. The van der Waals surface area contributed by atoms with E-state index in [2.05, 4.69) is 5.32 Å². The van der Waals surface area contributed by atoms with Gasteiger partial charge < -0.3 is 5.32 Å². The van der Waals surface area contributed by atoms with Gasteiger partial charge in [-0.3, -0.25) is 0 Å². The quantitative estimate of drug-likeness (QED) is 0.575. The van der Waals surface area contributed by atoms with E-state index in [0.717, 1.165) is 18.2 Å². The van der Waals surface area contributed by atoms with Gasteiger partial charge in [-0.05, 0) is 36.1 Å². The first kappa shape index (κ1) is 13.1. The zero-order valence-corrected chi connectivity index (χ0v) is 9.24. The van der Waals surface area contributed by atoms with E-state index in [0.29, 0.717) is 0 Å². The second-order valence-electron chi connectivity index (χ2n) is 4.07. The Labute approximate surface area is 93.0 Å². The lowest BCUT2D eigenvalue weighted by Crippen LogP contribution is -2.42. The molecule has 1 aromatic carbocycles. The van der Waals surface area contributed by atoms with Crippen molar-refractivity contribution in [2.45, 2.75) is 11.5 Å². The number of rotatable bonds is 2. The van der Waals surface area contributed by atoms with Gasteiger partial charge in [0.15, 0.2) is 0 Å². The maximum absolute atomic E-state index is 13.4. The summed E-state index contributed by atoms with van der Waals surface area (Å²) in [6.07, 6.45) is -4.45. The third kappa shape index (κ3) is 2.58. The minimum Gasteiger partial charge on any atom is -0.325 e. The molecule has 0 heterocycles. The van der Waals surface area contributed by atoms with Crippen molar-refractivity contribution in [3.05, 3.63) is 35.1 Å². The summed E-state index contributed by atoms with van der Waals surface area (Å²) in [5.74, 6) is -0.646. The molecule has 0 unspecified atom stereocenters. The molecule has 0 amide bonds. The van der Waals surface area contributed by atoms with Crippen molar-refractivity contribution in [1.29, 1.82) is 0 Å². The van der Waals surface area contributed by atoms with Crippen LogP contribution in [0.15, 0.2) is 18.2 Å². The maximum atomic E-state index is 13.4. The van der Waals surface area contributed by atoms with Crippen LogP contribution in [0.3, 0.4) is 0 Å². The predicted octanol–water partition coefficient (Wildman–Crippen LogP) is 0.440. The lowest BCUT2D eigenvalue weighted by molar-refractivity contribution is -0.137. The Morgan fingerprint density at radius 2 is 1.75 bits per heavy atom. The van der Waals surface area contributed by atoms with E-state index >= 15 is 0 Å². The largest absolute Gasteiger partial charge is 0.416 e. The van der Waals surface area contributed by atoms with Gasteiger partial charge in [0.05, 0.1) is 5.56 Å². The van der Waals surface area contributed by atoms with E-state index in [1.54, 1.807) is 22.7 Å². The van der Waals surface area contributed by atoms with Gasteiger partial charge in [0.25, 0.3) is 0 Å². The zero-order valence-electron chi connectivity index (χ0n) is 9.24. The third-order valence-electron chi connectivity index (χ3n) is 2.59. The van der Waals surface area contributed by atoms with Gasteiger partial charge in [0.2, 0.25) is 0 Å². The highest BCUT2D eigenvalue weighted by molar-refractivity contribution is 6.39. The second-order valence-corrected chi connectivity index (χ2v) is 4.07. The molecule has 0 aliphatic heterocycles. The Kier molecular flexibility index (Phi) is 3.38. The van der Waals surface area contributed by atoms with Crippen LogP contribution in [-0.2, 0) is 11.5 Å². The van der Waals surface area contributed by atoms with E-state index in [9.17, 15) is 17.6 Å². The summed E-state index contributed by atoms with van der Waals surface area (Å²) in [6, 6.07) is 2.42. The summed E-state index contributed by atoms with van der Waals surface area (Å²) < 4.78 is 50.8. The van der Waals surface area contributed by atoms with Gasteiger partial charge in [-0.25, -0.2) is 4.39 Å². The molecule has 1 rings (SSSR count). The molecule has 86 valence electrons. The van der Waals surface area contributed by atoms with E-state index in [4.69, 9.17) is 0 Å². The summed E-state index contributed by atoms with van der Waals surface area (Å²) >= 11 is 0. The molecule has 7 heteroatoms. The lowest BCUT2D eigenvalue weighted by Gasteiger charge is -2.26. The highest BCUT2D eigenvalue weighted by Gasteiger charge is 2.33. The summed E-state index contributed by atoms with van der Waals surface area (Å²) in [5.41, 5.74) is -0.836. The number of nitrogens with one attached hydrogen (secondary N) is 1. The molecule has 0 bridgehead atoms. The van der Waals surface area contributed by atoms with Gasteiger partial charge >= 0.3 is 6.18 Å². The Morgan fingerprint density at radius 3 is 2.19 bits per heavy atom. The Hall–Kier alpha value is -0.970. The molecule has 0 aliphatic rings. The number of hydrogen-bond donors (Lipinski definition) is 1. The molecule has 0 fully saturated rings. The molecule has 0 aliphatic carbocycles. The summed E-state index contributed by atoms with van der Waals surface area (Å²) in [6.45, 7) is 0. The first-order chi connectivity index (χ1) is 7.18. The summed E-state index contributed by atoms with van der Waals surface area (Å²) in [7, 11) is 4.80. The molecule has 0 atom stereocenters. The molecule has 0 spiro atoms. The number of halogens is 4. The van der Waals surface area contributed by atoms with Crippen molar-refractivity contribution in [1.82, 2.24) is 5.32 Å². The molecular weight excluding hydrogens is 220 g/mol. The maximum Gasteiger partial charge on any atom is 0.416 e. The smallest absolute Gasteiger partial charge is 0.325 e. The van der Waals surface area contributed by atoms with E-state index in [1.807, 2.05) is 0 Å². The Bertz CT molecular complexity index is 390. The molecule has 1 nitrogen and oxygen atoms in total. The van der Waals surface area contributed by atoms with Gasteiger partial charge in [0.1, 0.15) is 21.5 Å². The zero-order chi connectivity index (χ0) is 12.6. The Balaban J connectivity index is 3.30. The van der Waals surface area contributed by atoms with Crippen molar-refractivity contribution >= 4 is 15.7 Å². The average Bonchev–Trinajstić information content (AvgIpc) is 2.16. The topological polar surface area (TPSA) is 12.0 Å². The van der Waals surface area contributed by atoms with Gasteiger partial charge in [-0.1, -0.05) is 0 Å². The standard InChI is InChI=1S/C9H11B2F4N/c1-16-8(10,11)6-4-5(9(13,14)15)2-3-7(6)12/h2-4,16H,10-11H2,1H3. The highest BCUT2D eigenvalue weighted by atomic mass is 19.4. The van der Waals surface area contributed by atoms with Crippen LogP contribution in [0.25, 0.3) is 0 Å². The van der Waals surface area contributed by atoms with Crippen LogP contribution in [0, 0.1) is 5.82 Å². The number of alkyl halides is 3. The van der Waals surface area contributed by atoms with Crippen molar-refractivity contribution in [3.8, 4) is 0 Å². The van der Waals surface area contributed by atoms with Crippen LogP contribution in [0.1, 0.15) is 11.1 Å². The van der Waals surface area contributed by atoms with Crippen molar-refractivity contribution < 1.29 is 17.6 Å². The normalized spacial score (nSPS) is 12.8. The lowest BCUT2D eigenvalue weighted by atomic mass is 9.58. The van der Waals surface area contributed by atoms with Crippen LogP contribution in [0.4, 0.5) is 17.6 Å². The van der Waals surface area contributed by atoms with Crippen molar-refractivity contribution in [2.75, 3.05) is 7.05 Å². The first-order valence-electron chi connectivity index (χ1n) is 4.74. The first-order valence-corrected chi connectivity index (χ1v) is 4.74. The van der Waals surface area contributed by atoms with Crippen LogP contribution in [-0.4, -0.2) is 22.7 Å². The van der Waals surface area contributed by atoms with Crippen molar-refractivity contribution in [2.24, 2.45) is 0 Å². The van der Waals surface area contributed by atoms with E-state index in [-0.39, 0.29) is 5.56 Å². The molecule has 1 N–H and O–H groups in total. The van der Waals surface area contributed by atoms with Crippen molar-refractivity contribution in [3.63, 3.8) is 0 Å². The minimum absolute atomic E-state index is 0.00447. The average molecular weight is 231 g/mol. The fourth-order valence-corrected chi connectivity index (χ4v) is 1.32. The number of hydrogen-bond acceptors (Lipinski definition) is 1. The molecule has 0 radical (unpaired) electrons. The highest BCUT2D eigenvalue weighted by Crippen LogP contribution is 2.31. The van der Waals surface area contributed by atoms with Crippen LogP contribution in [0.2, 0.25) is 0 Å². The van der Waals surface area contributed by atoms with Crippen LogP contribution < -0.4 is 5.32 Å². The molecule has 0 saturated heterocycles. The predicted molar refractivity (Wildman–Crippen MR) is 59.2 cm³/mol. The monoisotopic (exact) mass is 231 g/mol. The molecule has 0 aromatic heterocycles. The van der Waals surface area contributed by atoms with Gasteiger partial charge in [0, 0.05) is 0 Å². The summed E-state index contributed by atoms with van der Waals surface area (Å²) in [5, 5.41) is 1.93. The molecule has 1 aromatic rings. The fraction of sp³-hybridized carbons (Fsp3) is 0.333. The summed E-state index contributed by atoms with van der Waals surface area (Å²) in [4.78, 5) is 0. The van der Waals surface area contributed by atoms with Gasteiger partial charge in [-0.2, -0.15) is 13.2 Å². The van der Waals surface area contributed by atoms with E-state index in [1.165, 1.54) is 0 Å². The molecule has 16 heavy (non-hydrogen) atoms. The van der Waals surface area contributed by atoms with E-state index < -0.39 is 22.9 Å². The third-order valence-corrected chi connectivity index (χ3v) is 2.59.